The molecule has 0 radical (unpaired) electrons. The summed E-state index contributed by atoms with van der Waals surface area (Å²) in [6, 6.07) is 7.75. The fourth-order valence-corrected chi connectivity index (χ4v) is 3.89. The number of carbonyl (C=O) groups excluding carboxylic acids is 1. The fraction of sp³-hybridized carbons (Fsp3) is 0.364. The number of nitrogens with one attached hydrogen (secondary N) is 1. The van der Waals surface area contributed by atoms with Crippen molar-refractivity contribution in [2.24, 2.45) is 11.3 Å². The van der Waals surface area contributed by atoms with E-state index in [4.69, 9.17) is 23.2 Å². The van der Waals surface area contributed by atoms with Crippen LogP contribution in [-0.2, 0) is 16.0 Å². The number of carboxylic acids is 1. The zero-order valence-corrected chi connectivity index (χ0v) is 18.3. The van der Waals surface area contributed by atoms with E-state index in [1.54, 1.807) is 0 Å². The molecule has 1 fully saturated rings. The quantitative estimate of drug-likeness (QED) is 0.436. The lowest BCUT2D eigenvalue weighted by Crippen LogP contribution is -2.34. The standard InChI is InChI=1S/C22H19Cl2F4NO3/c1-11(22(26,27)28)17(12-2-4-13(23)5-3-12)19(30)29-16-7-6-15(24)14(18(16)25)10-21(8-9-21)20(31)32/h2-7,11,17H,8-10H2,1H3,(H,29,30)(H,31,32)/t11-,17+/m1/s1. The van der Waals surface area contributed by atoms with Crippen LogP contribution < -0.4 is 5.32 Å². The Kier molecular flexibility index (Phi) is 6.77. The molecule has 172 valence electrons. The van der Waals surface area contributed by atoms with Gasteiger partial charge in [-0.1, -0.05) is 42.3 Å². The van der Waals surface area contributed by atoms with Crippen LogP contribution in [0.5, 0.6) is 0 Å². The molecule has 0 spiro atoms. The SMILES string of the molecule is C[C@H]([C@H](C(=O)Nc1ccc(Cl)c(CC2(C(=O)O)CC2)c1F)c1ccc(Cl)cc1)C(F)(F)F. The molecule has 32 heavy (non-hydrogen) atoms. The van der Waals surface area contributed by atoms with Gasteiger partial charge in [-0.25, -0.2) is 4.39 Å². The number of amides is 1. The van der Waals surface area contributed by atoms with Crippen LogP contribution in [0.1, 0.15) is 36.8 Å². The molecule has 0 saturated heterocycles. The molecule has 1 saturated carbocycles. The molecule has 0 aromatic heterocycles. The first kappa shape index (κ1) is 24.3. The zero-order valence-electron chi connectivity index (χ0n) is 16.8. The van der Waals surface area contributed by atoms with Gasteiger partial charge in [0.2, 0.25) is 5.91 Å². The highest BCUT2D eigenvalue weighted by molar-refractivity contribution is 6.31. The van der Waals surface area contributed by atoms with Gasteiger partial charge >= 0.3 is 12.1 Å². The van der Waals surface area contributed by atoms with Crippen LogP contribution in [0.4, 0.5) is 23.2 Å². The molecular formula is C22H19Cl2F4NO3. The summed E-state index contributed by atoms with van der Waals surface area (Å²) >= 11 is 11.9. The normalized spacial score (nSPS) is 16.8. The third kappa shape index (κ3) is 5.02. The lowest BCUT2D eigenvalue weighted by molar-refractivity contribution is -0.178. The second kappa shape index (κ2) is 8.90. The number of hydrogen-bond acceptors (Lipinski definition) is 2. The summed E-state index contributed by atoms with van der Waals surface area (Å²) in [6.45, 7) is 0.867. The maximum Gasteiger partial charge on any atom is 0.392 e. The molecule has 0 unspecified atom stereocenters. The van der Waals surface area contributed by atoms with Gasteiger partial charge in [0.15, 0.2) is 5.82 Å². The van der Waals surface area contributed by atoms with E-state index in [0.717, 1.165) is 13.0 Å². The Morgan fingerprint density at radius 3 is 2.22 bits per heavy atom. The molecule has 1 aliphatic rings. The predicted octanol–water partition coefficient (Wildman–Crippen LogP) is 6.46. The average molecular weight is 492 g/mol. The van der Waals surface area contributed by atoms with Crippen LogP contribution in [0.2, 0.25) is 10.0 Å². The van der Waals surface area contributed by atoms with Crippen LogP contribution in [0.25, 0.3) is 0 Å². The first-order chi connectivity index (χ1) is 14.9. The number of alkyl halides is 3. The lowest BCUT2D eigenvalue weighted by atomic mass is 9.85. The zero-order chi connectivity index (χ0) is 23.8. The highest BCUT2D eigenvalue weighted by atomic mass is 35.5. The lowest BCUT2D eigenvalue weighted by Gasteiger charge is -2.26. The molecule has 3 rings (SSSR count). The van der Waals surface area contributed by atoms with E-state index in [2.05, 4.69) is 5.32 Å². The van der Waals surface area contributed by atoms with E-state index >= 15 is 4.39 Å². The van der Waals surface area contributed by atoms with Gasteiger partial charge in [0.05, 0.1) is 22.9 Å². The number of hydrogen-bond donors (Lipinski definition) is 2. The molecule has 1 amide bonds. The first-order valence-corrected chi connectivity index (χ1v) is 10.4. The summed E-state index contributed by atoms with van der Waals surface area (Å²) in [7, 11) is 0. The van der Waals surface area contributed by atoms with Crippen molar-refractivity contribution in [3.63, 3.8) is 0 Å². The number of anilines is 1. The van der Waals surface area contributed by atoms with Gasteiger partial charge in [0.1, 0.15) is 0 Å². The Bertz CT molecular complexity index is 1040. The van der Waals surface area contributed by atoms with Gasteiger partial charge in [-0.2, -0.15) is 13.2 Å². The van der Waals surface area contributed by atoms with Crippen molar-refractivity contribution >= 4 is 40.8 Å². The number of carbonyl (C=O) groups is 2. The van der Waals surface area contributed by atoms with E-state index in [-0.39, 0.29) is 33.3 Å². The maximum absolute atomic E-state index is 15.1. The summed E-state index contributed by atoms with van der Waals surface area (Å²) in [5.74, 6) is -6.85. The van der Waals surface area contributed by atoms with Gasteiger partial charge in [0.25, 0.3) is 0 Å². The minimum absolute atomic E-state index is 0.0223. The predicted molar refractivity (Wildman–Crippen MR) is 112 cm³/mol. The van der Waals surface area contributed by atoms with Crippen LogP contribution in [0.15, 0.2) is 36.4 Å². The third-order valence-corrected chi connectivity index (χ3v) is 6.40. The van der Waals surface area contributed by atoms with Gasteiger partial charge in [0, 0.05) is 15.6 Å². The van der Waals surface area contributed by atoms with Gasteiger partial charge in [-0.3, -0.25) is 9.59 Å². The molecule has 2 atom stereocenters. The highest BCUT2D eigenvalue weighted by Crippen LogP contribution is 2.50. The molecule has 2 aromatic carbocycles. The smallest absolute Gasteiger partial charge is 0.392 e. The van der Waals surface area contributed by atoms with Crippen LogP contribution in [0.3, 0.4) is 0 Å². The molecule has 0 bridgehead atoms. The summed E-state index contributed by atoms with van der Waals surface area (Å²) in [4.78, 5) is 24.4. The van der Waals surface area contributed by atoms with E-state index in [9.17, 15) is 27.9 Å². The highest BCUT2D eigenvalue weighted by Gasteiger charge is 2.51. The van der Waals surface area contributed by atoms with Crippen molar-refractivity contribution < 1.29 is 32.3 Å². The Labute approximate surface area is 191 Å². The molecule has 10 heteroatoms. The molecule has 0 aliphatic heterocycles. The van der Waals surface area contributed by atoms with E-state index in [0.29, 0.717) is 12.8 Å². The van der Waals surface area contributed by atoms with Crippen LogP contribution >= 0.6 is 23.2 Å². The number of benzene rings is 2. The first-order valence-electron chi connectivity index (χ1n) is 9.69. The Morgan fingerprint density at radius 2 is 1.72 bits per heavy atom. The number of halogens is 6. The number of aliphatic carboxylic acids is 1. The number of carboxylic acid groups (broad SMARTS) is 1. The molecule has 1 aliphatic carbocycles. The summed E-state index contributed by atoms with van der Waals surface area (Å²) in [5.41, 5.74) is -1.53. The minimum Gasteiger partial charge on any atom is -0.481 e. The van der Waals surface area contributed by atoms with E-state index in [1.165, 1.54) is 30.3 Å². The minimum atomic E-state index is -4.69. The summed E-state index contributed by atoms with van der Waals surface area (Å²) in [5, 5.41) is 11.9. The molecule has 2 aromatic rings. The van der Waals surface area contributed by atoms with Gasteiger partial charge in [-0.15, -0.1) is 0 Å². The third-order valence-electron chi connectivity index (χ3n) is 5.79. The fourth-order valence-electron chi connectivity index (χ4n) is 3.55. The molecule has 2 N–H and O–H groups in total. The average Bonchev–Trinajstić information content (AvgIpc) is 3.49. The topological polar surface area (TPSA) is 66.4 Å². The Morgan fingerprint density at radius 1 is 1.12 bits per heavy atom. The summed E-state index contributed by atoms with van der Waals surface area (Å²) in [6.07, 6.45) is -4.16. The van der Waals surface area contributed by atoms with Crippen molar-refractivity contribution in [1.82, 2.24) is 0 Å². The largest absolute Gasteiger partial charge is 0.481 e. The monoisotopic (exact) mass is 491 g/mol. The van der Waals surface area contributed by atoms with Crippen LogP contribution in [0, 0.1) is 17.2 Å². The second-order valence-corrected chi connectivity index (χ2v) is 8.84. The maximum atomic E-state index is 15.1. The van der Waals surface area contributed by atoms with E-state index in [1.807, 2.05) is 0 Å². The molecular weight excluding hydrogens is 473 g/mol. The van der Waals surface area contributed by atoms with E-state index < -0.39 is 41.1 Å². The summed E-state index contributed by atoms with van der Waals surface area (Å²) < 4.78 is 55.6. The van der Waals surface area contributed by atoms with Crippen molar-refractivity contribution in [2.45, 2.75) is 38.3 Å². The molecule has 4 nitrogen and oxygen atoms in total. The Hall–Kier alpha value is -2.32. The van der Waals surface area contributed by atoms with Crippen molar-refractivity contribution in [3.8, 4) is 0 Å². The molecule has 0 heterocycles. The second-order valence-electron chi connectivity index (χ2n) is 8.00. The van der Waals surface area contributed by atoms with Gasteiger partial charge in [-0.05, 0) is 49.1 Å². The van der Waals surface area contributed by atoms with Crippen LogP contribution in [-0.4, -0.2) is 23.2 Å². The van der Waals surface area contributed by atoms with Crippen molar-refractivity contribution in [2.75, 3.05) is 5.32 Å². The van der Waals surface area contributed by atoms with Gasteiger partial charge < -0.3 is 10.4 Å². The van der Waals surface area contributed by atoms with Crippen molar-refractivity contribution in [3.05, 3.63) is 63.4 Å². The number of rotatable bonds is 7. The Balaban J connectivity index is 1.93. The van der Waals surface area contributed by atoms with Crippen molar-refractivity contribution in [1.29, 1.82) is 0 Å².